The van der Waals surface area contributed by atoms with Gasteiger partial charge in [0.05, 0.1) is 16.6 Å². The Bertz CT molecular complexity index is 4280. The first-order valence-electron chi connectivity index (χ1n) is 38.5. The number of alkyl halides is 3. The van der Waals surface area contributed by atoms with E-state index >= 15 is 0 Å². The van der Waals surface area contributed by atoms with Crippen molar-refractivity contribution in [2.45, 2.75) is 245 Å². The van der Waals surface area contributed by atoms with Crippen molar-refractivity contribution in [3.05, 3.63) is 214 Å². The fraction of sp³-hybridized carbons (Fsp3) is 0.413. The molecule has 0 bridgehead atoms. The molecule has 0 aliphatic heterocycles. The Balaban J connectivity index is 1.06. The fourth-order valence-corrected chi connectivity index (χ4v) is 17.6. The first-order chi connectivity index (χ1) is 48.1. The van der Waals surface area contributed by atoms with E-state index in [-0.39, 0.29) is 22.1 Å². The zero-order chi connectivity index (χ0) is 69.3. The number of fused-ring (bicyclic) bond motifs is 9. The molecular formula is C92H109F3N4. The van der Waals surface area contributed by atoms with Crippen LogP contribution in [-0.4, -0.2) is 4.57 Å². The van der Waals surface area contributed by atoms with E-state index in [0.717, 1.165) is 109 Å². The lowest BCUT2D eigenvalue weighted by molar-refractivity contribution is -0.137. The number of anilines is 5. The molecule has 0 spiro atoms. The van der Waals surface area contributed by atoms with Crippen molar-refractivity contribution in [1.82, 2.24) is 4.57 Å². The second-order valence-electron chi connectivity index (χ2n) is 29.7. The van der Waals surface area contributed by atoms with Crippen LogP contribution in [0, 0.1) is 20.8 Å². The number of aryl methyl sites for hydroxylation is 2. The molecule has 0 fully saturated rings. The van der Waals surface area contributed by atoms with E-state index in [0.29, 0.717) is 0 Å². The van der Waals surface area contributed by atoms with Crippen molar-refractivity contribution >= 4 is 50.2 Å². The summed E-state index contributed by atoms with van der Waals surface area (Å²) in [6.45, 7) is 15.1. The van der Waals surface area contributed by atoms with E-state index in [1.165, 1.54) is 199 Å². The molecule has 0 unspecified atom stereocenters. The molecule has 0 amide bonds. The zero-order valence-electron chi connectivity index (χ0n) is 60.6. The minimum absolute atomic E-state index is 0.143. The first kappa shape index (κ1) is 70.8. The highest BCUT2D eigenvalue weighted by atomic mass is 19.4. The van der Waals surface area contributed by atoms with Gasteiger partial charge in [0.1, 0.15) is 0 Å². The number of unbranched alkanes of at least 4 members (excludes halogenated alkanes) is 20. The van der Waals surface area contributed by atoms with Crippen molar-refractivity contribution < 1.29 is 13.2 Å². The second kappa shape index (κ2) is 31.7. The summed E-state index contributed by atoms with van der Waals surface area (Å²) in [6.07, 6.45) is 28.6. The van der Waals surface area contributed by atoms with Gasteiger partial charge in [0, 0.05) is 55.7 Å². The van der Waals surface area contributed by atoms with Crippen LogP contribution in [0.15, 0.2) is 170 Å². The molecule has 2 aliphatic carbocycles. The van der Waals surface area contributed by atoms with Gasteiger partial charge in [-0.25, -0.2) is 0 Å². The van der Waals surface area contributed by atoms with Gasteiger partial charge in [-0.2, -0.15) is 13.2 Å². The largest absolute Gasteiger partial charge is 0.418 e. The van der Waals surface area contributed by atoms with Crippen molar-refractivity contribution in [2.75, 3.05) is 16.4 Å². The topological polar surface area (TPSA) is 60.2 Å². The summed E-state index contributed by atoms with van der Waals surface area (Å²) in [5.41, 5.74) is 36.6. The number of aromatic nitrogens is 1. The van der Waals surface area contributed by atoms with Gasteiger partial charge in [-0.1, -0.05) is 267 Å². The molecule has 0 atom stereocenters. The van der Waals surface area contributed by atoms with Gasteiger partial charge in [-0.15, -0.1) is 0 Å². The van der Waals surface area contributed by atoms with Crippen molar-refractivity contribution in [3.8, 4) is 50.2 Å². The maximum Gasteiger partial charge on any atom is 0.418 e. The molecule has 0 saturated carbocycles. The molecule has 12 rings (SSSR count). The summed E-state index contributed by atoms with van der Waals surface area (Å²) in [5.74, 6) is 0. The van der Waals surface area contributed by atoms with Gasteiger partial charge in [-0.05, 0) is 215 Å². The average Bonchev–Trinajstić information content (AvgIpc) is 1.57. The van der Waals surface area contributed by atoms with Crippen LogP contribution < -0.4 is 16.4 Å². The number of nitrogens with zero attached hydrogens (tertiary/aromatic N) is 2. The summed E-state index contributed by atoms with van der Waals surface area (Å²) < 4.78 is 46.0. The number of hydrogen-bond acceptors (Lipinski definition) is 3. The van der Waals surface area contributed by atoms with Crippen molar-refractivity contribution in [2.24, 2.45) is 0 Å². The summed E-state index contributed by atoms with van der Waals surface area (Å²) in [6, 6.07) is 63.7. The van der Waals surface area contributed by atoms with Gasteiger partial charge in [0.15, 0.2) is 0 Å². The van der Waals surface area contributed by atoms with Gasteiger partial charge in [-0.3, -0.25) is 0 Å². The predicted molar refractivity (Wildman–Crippen MR) is 419 cm³/mol. The van der Waals surface area contributed by atoms with E-state index in [2.05, 4.69) is 209 Å². The van der Waals surface area contributed by atoms with E-state index in [1.54, 1.807) is 19.1 Å². The molecule has 2 aliphatic rings. The lowest BCUT2D eigenvalue weighted by Gasteiger charge is -2.35. The van der Waals surface area contributed by atoms with Crippen LogP contribution in [0.5, 0.6) is 0 Å². The minimum atomic E-state index is -4.55. The van der Waals surface area contributed by atoms with Crippen LogP contribution in [0.25, 0.3) is 72.0 Å². The Morgan fingerprint density at radius 2 is 0.707 bits per heavy atom. The van der Waals surface area contributed by atoms with Crippen LogP contribution in [0.1, 0.15) is 252 Å². The Kier molecular flexibility index (Phi) is 22.7. The molecule has 0 radical (unpaired) electrons. The average molecular weight is 1330 g/mol. The Morgan fingerprint density at radius 3 is 1.10 bits per heavy atom. The molecule has 9 aromatic carbocycles. The van der Waals surface area contributed by atoms with Crippen LogP contribution in [0.3, 0.4) is 0 Å². The predicted octanol–water partition coefficient (Wildman–Crippen LogP) is 28.2. The lowest BCUT2D eigenvalue weighted by atomic mass is 9.70. The maximum absolute atomic E-state index is 14.5. The van der Waals surface area contributed by atoms with Crippen LogP contribution in [-0.2, 0) is 17.0 Å². The third-order valence-electron chi connectivity index (χ3n) is 23.0. The third-order valence-corrected chi connectivity index (χ3v) is 23.0. The van der Waals surface area contributed by atoms with Gasteiger partial charge in [0.25, 0.3) is 0 Å². The SMILES string of the molecule is CCCCCCCCC1(CCCCCCCC)c2cc(-c3cc(C)c(C)c(N)c3)ccc2-c2ccc(N(c3ccc(-n4c5ccccc5c5ccccc54)cc3)c3ccc4c(c3)C(CCCCCCCC)(CCCCCCCC)c3cc(-c5cc(C)c(C(F)(F)F)c(N)c5)ccc3-4)cc21. The molecule has 4 nitrogen and oxygen atoms in total. The molecule has 4 N–H and O–H groups in total. The molecule has 1 heterocycles. The normalized spacial score (nSPS) is 13.5. The number of nitrogen functional groups attached to an aromatic ring is 2. The Labute approximate surface area is 590 Å². The lowest BCUT2D eigenvalue weighted by Crippen LogP contribution is -2.26. The van der Waals surface area contributed by atoms with Crippen LogP contribution in [0.2, 0.25) is 0 Å². The minimum Gasteiger partial charge on any atom is -0.398 e. The molecule has 10 aromatic rings. The number of nitrogens with two attached hydrogens (primary N) is 2. The number of hydrogen-bond donors (Lipinski definition) is 2. The second-order valence-corrected chi connectivity index (χ2v) is 29.7. The standard InChI is InChI=1S/C92H109F3N4/c1-8-12-16-20-24-32-52-90(53-33-25-21-17-13-9-2)81-58-67(69-56-64(5)66(7)85(96)60-69)40-48-75(81)77-50-46-73(62-83(77)90)98(71-42-44-72(45-43-71)99-87-38-30-28-36-79(87)80-37-29-31-39-88(80)99)74-47-51-78-76-49-41-68(70-57-65(6)89(86(97)61-70)92(93,94)95)59-82(76)91(84(78)63-74,54-34-26-22-18-14-10-3)55-35-27-23-19-15-11-4/h28-31,36-51,56-63H,8-27,32-35,52-55,96-97H2,1-7H3. The number of rotatable bonds is 34. The van der Waals surface area contributed by atoms with E-state index in [9.17, 15) is 13.2 Å². The highest BCUT2D eigenvalue weighted by molar-refractivity contribution is 6.09. The van der Waals surface area contributed by atoms with Gasteiger partial charge < -0.3 is 20.9 Å². The van der Waals surface area contributed by atoms with E-state index in [4.69, 9.17) is 11.5 Å². The number of benzene rings is 9. The van der Waals surface area contributed by atoms with E-state index < -0.39 is 11.7 Å². The highest BCUT2D eigenvalue weighted by Gasteiger charge is 2.45. The van der Waals surface area contributed by atoms with Crippen LogP contribution >= 0.6 is 0 Å². The van der Waals surface area contributed by atoms with Crippen LogP contribution in [0.4, 0.5) is 41.6 Å². The molecule has 99 heavy (non-hydrogen) atoms. The fourth-order valence-electron chi connectivity index (χ4n) is 17.6. The Morgan fingerprint density at radius 1 is 0.354 bits per heavy atom. The number of para-hydroxylation sites is 2. The van der Waals surface area contributed by atoms with E-state index in [1.807, 2.05) is 0 Å². The quantitative estimate of drug-likeness (QED) is 0.0312. The molecule has 1 aromatic heterocycles. The molecule has 7 heteroatoms. The van der Waals surface area contributed by atoms with Crippen molar-refractivity contribution in [3.63, 3.8) is 0 Å². The third kappa shape index (κ3) is 14.7. The molecule has 518 valence electrons. The smallest absolute Gasteiger partial charge is 0.398 e. The van der Waals surface area contributed by atoms with Gasteiger partial charge >= 0.3 is 6.18 Å². The highest BCUT2D eigenvalue weighted by Crippen LogP contribution is 2.59. The number of halogens is 3. The van der Waals surface area contributed by atoms with Gasteiger partial charge in [0.2, 0.25) is 0 Å². The summed E-state index contributed by atoms with van der Waals surface area (Å²) in [7, 11) is 0. The molecule has 0 saturated heterocycles. The monoisotopic (exact) mass is 1330 g/mol. The summed E-state index contributed by atoms with van der Waals surface area (Å²) in [4.78, 5) is 2.57. The van der Waals surface area contributed by atoms with Crippen molar-refractivity contribution in [1.29, 1.82) is 0 Å². The zero-order valence-corrected chi connectivity index (χ0v) is 60.6. The summed E-state index contributed by atoms with van der Waals surface area (Å²) in [5, 5.41) is 2.48. The first-order valence-corrected chi connectivity index (χ1v) is 38.5. The maximum atomic E-state index is 14.5. The molecular weight excluding hydrogens is 1220 g/mol. The summed E-state index contributed by atoms with van der Waals surface area (Å²) >= 11 is 0. The Hall–Kier alpha value is -8.03.